The van der Waals surface area contributed by atoms with Crippen molar-refractivity contribution in [1.29, 1.82) is 0 Å². The van der Waals surface area contributed by atoms with Crippen molar-refractivity contribution in [3.8, 4) is 5.75 Å². The molecule has 10 heteroatoms. The molecule has 0 fully saturated rings. The molecule has 1 amide bonds. The lowest BCUT2D eigenvalue weighted by atomic mass is 10.2. The van der Waals surface area contributed by atoms with Crippen molar-refractivity contribution < 1.29 is 17.9 Å². The van der Waals surface area contributed by atoms with E-state index in [9.17, 15) is 13.2 Å². The van der Waals surface area contributed by atoms with E-state index >= 15 is 0 Å². The minimum Gasteiger partial charge on any atom is -0.495 e. The Morgan fingerprint density at radius 3 is 2.62 bits per heavy atom. The molecule has 0 saturated heterocycles. The zero-order chi connectivity index (χ0) is 23.3. The summed E-state index contributed by atoms with van der Waals surface area (Å²) in [6.07, 6.45) is 1.68. The molecule has 3 N–H and O–H groups in total. The quantitative estimate of drug-likeness (QED) is 0.408. The van der Waals surface area contributed by atoms with Crippen molar-refractivity contribution in [2.75, 3.05) is 25.5 Å². The van der Waals surface area contributed by atoms with Gasteiger partial charge in [0.15, 0.2) is 0 Å². The van der Waals surface area contributed by atoms with Crippen LogP contribution in [0.25, 0.3) is 10.9 Å². The summed E-state index contributed by atoms with van der Waals surface area (Å²) < 4.78 is 32.9. The average Bonchev–Trinajstić information content (AvgIpc) is 2.75. The molecule has 0 bridgehead atoms. The predicted octanol–water partition coefficient (Wildman–Crippen LogP) is 3.43. The fourth-order valence-electron chi connectivity index (χ4n) is 3.15. The summed E-state index contributed by atoms with van der Waals surface area (Å²) in [6.45, 7) is 4.22. The predicted molar refractivity (Wildman–Crippen MR) is 126 cm³/mol. The minimum atomic E-state index is -3.83. The minimum absolute atomic E-state index is 0.0820. The van der Waals surface area contributed by atoms with E-state index in [0.717, 1.165) is 16.6 Å². The molecular weight excluding hydrogens is 452 g/mol. The van der Waals surface area contributed by atoms with Gasteiger partial charge in [-0.05, 0) is 56.3 Å². The summed E-state index contributed by atoms with van der Waals surface area (Å²) in [4.78, 5) is 16.8. The van der Waals surface area contributed by atoms with E-state index in [1.165, 1.54) is 25.3 Å². The molecule has 0 atom stereocenters. The van der Waals surface area contributed by atoms with Gasteiger partial charge in [0, 0.05) is 47.0 Å². The number of ether oxygens (including phenoxy) is 1. The number of hydrogen-bond acceptors (Lipinski definition) is 6. The third-order valence-corrected chi connectivity index (χ3v) is 6.45. The molecule has 0 aliphatic rings. The number of sulfonamides is 1. The molecule has 3 rings (SSSR count). The first kappa shape index (κ1) is 23.8. The molecule has 0 spiro atoms. The molecule has 0 aliphatic heterocycles. The number of nitrogens with one attached hydrogen (secondary N) is 3. The summed E-state index contributed by atoms with van der Waals surface area (Å²) in [6, 6.07) is 11.3. The van der Waals surface area contributed by atoms with Crippen molar-refractivity contribution in [1.82, 2.24) is 15.0 Å². The summed E-state index contributed by atoms with van der Waals surface area (Å²) in [5.41, 5.74) is 1.87. The van der Waals surface area contributed by atoms with Crippen LogP contribution in [0.3, 0.4) is 0 Å². The van der Waals surface area contributed by atoms with E-state index in [0.29, 0.717) is 18.1 Å². The molecule has 1 aromatic heterocycles. The maximum atomic E-state index is 12.6. The Hall–Kier alpha value is -2.88. The highest BCUT2D eigenvalue weighted by molar-refractivity contribution is 7.89. The van der Waals surface area contributed by atoms with Crippen molar-refractivity contribution in [3.63, 3.8) is 0 Å². The first-order chi connectivity index (χ1) is 15.2. The van der Waals surface area contributed by atoms with Gasteiger partial charge in [-0.1, -0.05) is 11.6 Å². The van der Waals surface area contributed by atoms with E-state index in [-0.39, 0.29) is 28.2 Å². The molecule has 0 unspecified atom stereocenters. The van der Waals surface area contributed by atoms with Gasteiger partial charge in [0.25, 0.3) is 5.91 Å². The summed E-state index contributed by atoms with van der Waals surface area (Å²) in [7, 11) is -2.45. The molecule has 170 valence electrons. The fourth-order valence-corrected chi connectivity index (χ4v) is 4.76. The number of amides is 1. The van der Waals surface area contributed by atoms with Crippen LogP contribution >= 0.6 is 11.6 Å². The monoisotopic (exact) mass is 476 g/mol. The van der Waals surface area contributed by atoms with Crippen LogP contribution in [0.4, 0.5) is 5.69 Å². The van der Waals surface area contributed by atoms with Crippen molar-refractivity contribution in [2.24, 2.45) is 0 Å². The standard InChI is InChI=1S/C22H25ClN4O4S/c1-14(2)27-32(29,30)21-12-15(4-7-20(21)31-3)22(28)26-11-10-25-18-8-9-24-19-13-16(23)5-6-17(18)19/h4-9,12-14,27H,10-11H2,1-3H3,(H,24,25)(H,26,28). The maximum absolute atomic E-state index is 12.6. The molecular formula is C22H25ClN4O4S. The first-order valence-electron chi connectivity index (χ1n) is 9.98. The van der Waals surface area contributed by atoms with E-state index in [1.54, 1.807) is 32.2 Å². The highest BCUT2D eigenvalue weighted by atomic mass is 35.5. The van der Waals surface area contributed by atoms with Crippen LogP contribution in [0.15, 0.2) is 53.6 Å². The smallest absolute Gasteiger partial charge is 0.251 e. The summed E-state index contributed by atoms with van der Waals surface area (Å²) in [5, 5.41) is 7.59. The molecule has 1 heterocycles. The van der Waals surface area contributed by atoms with Crippen LogP contribution in [0, 0.1) is 0 Å². The molecule has 0 saturated carbocycles. The third-order valence-electron chi connectivity index (χ3n) is 4.54. The van der Waals surface area contributed by atoms with E-state index in [1.807, 2.05) is 12.1 Å². The van der Waals surface area contributed by atoms with Gasteiger partial charge in [-0.2, -0.15) is 0 Å². The summed E-state index contributed by atoms with van der Waals surface area (Å²) >= 11 is 6.02. The first-order valence-corrected chi connectivity index (χ1v) is 11.8. The number of carbonyl (C=O) groups excluding carboxylic acids is 1. The highest BCUT2D eigenvalue weighted by Gasteiger charge is 2.22. The maximum Gasteiger partial charge on any atom is 0.251 e. The number of aromatic nitrogens is 1. The topological polar surface area (TPSA) is 109 Å². The van der Waals surface area contributed by atoms with Crippen LogP contribution in [-0.2, 0) is 10.0 Å². The number of anilines is 1. The lowest BCUT2D eigenvalue weighted by Crippen LogP contribution is -2.31. The van der Waals surface area contributed by atoms with Crippen LogP contribution in [0.1, 0.15) is 24.2 Å². The van der Waals surface area contributed by atoms with Gasteiger partial charge in [0.05, 0.1) is 12.6 Å². The van der Waals surface area contributed by atoms with Gasteiger partial charge in [-0.15, -0.1) is 0 Å². The number of nitrogens with zero attached hydrogens (tertiary/aromatic N) is 1. The lowest BCUT2D eigenvalue weighted by Gasteiger charge is -2.14. The Morgan fingerprint density at radius 2 is 1.91 bits per heavy atom. The largest absolute Gasteiger partial charge is 0.495 e. The third kappa shape index (κ3) is 5.67. The molecule has 2 aromatic carbocycles. The van der Waals surface area contributed by atoms with E-state index in [4.69, 9.17) is 16.3 Å². The van der Waals surface area contributed by atoms with Crippen molar-refractivity contribution in [3.05, 3.63) is 59.2 Å². The van der Waals surface area contributed by atoms with Gasteiger partial charge < -0.3 is 15.4 Å². The Morgan fingerprint density at radius 1 is 1.12 bits per heavy atom. The van der Waals surface area contributed by atoms with Crippen molar-refractivity contribution in [2.45, 2.75) is 24.8 Å². The van der Waals surface area contributed by atoms with Gasteiger partial charge in [0.2, 0.25) is 10.0 Å². The van der Waals surface area contributed by atoms with Crippen molar-refractivity contribution >= 4 is 44.1 Å². The number of hydrogen-bond donors (Lipinski definition) is 3. The normalized spacial score (nSPS) is 11.5. The van der Waals surface area contributed by atoms with Crippen LogP contribution in [-0.4, -0.2) is 45.6 Å². The molecule has 0 radical (unpaired) electrons. The second-order valence-electron chi connectivity index (χ2n) is 7.34. The molecule has 3 aromatic rings. The van der Waals surface area contributed by atoms with Gasteiger partial charge in [-0.3, -0.25) is 9.78 Å². The lowest BCUT2D eigenvalue weighted by molar-refractivity contribution is 0.0955. The van der Waals surface area contributed by atoms with Crippen LogP contribution < -0.4 is 20.1 Å². The molecule has 32 heavy (non-hydrogen) atoms. The van der Waals surface area contributed by atoms with Gasteiger partial charge in [-0.25, -0.2) is 13.1 Å². The second kappa shape index (κ2) is 10.2. The Bertz CT molecular complexity index is 1230. The highest BCUT2D eigenvalue weighted by Crippen LogP contribution is 2.26. The van der Waals surface area contributed by atoms with Crippen LogP contribution in [0.5, 0.6) is 5.75 Å². The van der Waals surface area contributed by atoms with E-state index in [2.05, 4.69) is 20.3 Å². The summed E-state index contributed by atoms with van der Waals surface area (Å²) in [5.74, 6) is -0.220. The van der Waals surface area contributed by atoms with E-state index < -0.39 is 10.0 Å². The molecule has 0 aliphatic carbocycles. The zero-order valence-corrected chi connectivity index (χ0v) is 19.5. The average molecular weight is 477 g/mol. The number of carbonyl (C=O) groups is 1. The second-order valence-corrected chi connectivity index (χ2v) is 9.46. The molecule has 8 nitrogen and oxygen atoms in total. The fraction of sp³-hybridized carbons (Fsp3) is 0.273. The Balaban J connectivity index is 1.66. The Kier molecular flexibility index (Phi) is 7.55. The zero-order valence-electron chi connectivity index (χ0n) is 18.0. The number of benzene rings is 2. The number of fused-ring (bicyclic) bond motifs is 1. The number of rotatable bonds is 9. The SMILES string of the molecule is COc1ccc(C(=O)NCCNc2ccnc3cc(Cl)ccc23)cc1S(=O)(=O)NC(C)C. The number of pyridine rings is 1. The number of halogens is 1. The van der Waals surface area contributed by atoms with Gasteiger partial charge in [0.1, 0.15) is 10.6 Å². The Labute approximate surface area is 192 Å². The number of methoxy groups -OCH3 is 1. The van der Waals surface area contributed by atoms with Crippen LogP contribution in [0.2, 0.25) is 5.02 Å². The van der Waals surface area contributed by atoms with Gasteiger partial charge >= 0.3 is 0 Å².